The quantitative estimate of drug-likeness (QED) is 0.498. The molecule has 4 rings (SSSR count). The lowest BCUT2D eigenvalue weighted by atomic mass is 10.2. The van der Waals surface area contributed by atoms with Gasteiger partial charge in [-0.25, -0.2) is 9.37 Å². The van der Waals surface area contributed by atoms with Crippen molar-refractivity contribution < 1.29 is 8.81 Å². The average molecular weight is 372 g/mol. The van der Waals surface area contributed by atoms with E-state index in [2.05, 4.69) is 9.97 Å². The van der Waals surface area contributed by atoms with Gasteiger partial charge in [0.25, 0.3) is 5.56 Å². The maximum absolute atomic E-state index is 13.0. The zero-order valence-electron chi connectivity index (χ0n) is 13.2. The molecular formula is C18H13FN2O2S2. The number of aromatic amines is 1. The van der Waals surface area contributed by atoms with Crippen molar-refractivity contribution in [2.45, 2.75) is 17.1 Å². The van der Waals surface area contributed by atoms with Gasteiger partial charge in [-0.1, -0.05) is 0 Å². The Morgan fingerprint density at radius 3 is 2.80 bits per heavy atom. The van der Waals surface area contributed by atoms with Crippen LogP contribution in [0.1, 0.15) is 18.0 Å². The maximum Gasteiger partial charge on any atom is 0.260 e. The molecule has 1 aromatic carbocycles. The third kappa shape index (κ3) is 3.12. The summed E-state index contributed by atoms with van der Waals surface area (Å²) in [5.74, 6) is 0.980. The summed E-state index contributed by atoms with van der Waals surface area (Å²) in [7, 11) is 0. The first-order chi connectivity index (χ1) is 12.1. The summed E-state index contributed by atoms with van der Waals surface area (Å²) in [5.41, 5.74) is 0.573. The van der Waals surface area contributed by atoms with Gasteiger partial charge in [-0.05, 0) is 43.3 Å². The van der Waals surface area contributed by atoms with Crippen molar-refractivity contribution in [3.8, 4) is 11.3 Å². The number of nitrogens with zero attached hydrogens (tertiary/aromatic N) is 1. The molecule has 1 atom stereocenters. The van der Waals surface area contributed by atoms with Crippen molar-refractivity contribution in [1.82, 2.24) is 9.97 Å². The van der Waals surface area contributed by atoms with Gasteiger partial charge in [0.1, 0.15) is 22.2 Å². The Labute approximate surface area is 150 Å². The minimum absolute atomic E-state index is 0.0725. The first-order valence-electron chi connectivity index (χ1n) is 7.59. The van der Waals surface area contributed by atoms with Crippen molar-refractivity contribution in [3.05, 3.63) is 70.0 Å². The number of H-pyrrole nitrogens is 1. The van der Waals surface area contributed by atoms with Crippen molar-refractivity contribution in [1.29, 1.82) is 0 Å². The molecule has 3 heterocycles. The fourth-order valence-electron chi connectivity index (χ4n) is 2.54. The number of aromatic nitrogens is 2. The Kier molecular flexibility index (Phi) is 4.19. The summed E-state index contributed by atoms with van der Waals surface area (Å²) in [6, 6.07) is 9.88. The average Bonchev–Trinajstić information content (AvgIpc) is 3.25. The highest BCUT2D eigenvalue weighted by atomic mass is 32.2. The van der Waals surface area contributed by atoms with Crippen LogP contribution in [0.2, 0.25) is 0 Å². The smallest absolute Gasteiger partial charge is 0.260 e. The Morgan fingerprint density at radius 2 is 2.08 bits per heavy atom. The second kappa shape index (κ2) is 6.50. The van der Waals surface area contributed by atoms with Crippen molar-refractivity contribution in [2.75, 3.05) is 0 Å². The molecule has 0 bridgehead atoms. The van der Waals surface area contributed by atoms with Gasteiger partial charge >= 0.3 is 0 Å². The molecule has 3 aromatic heterocycles. The number of thiophene rings is 1. The van der Waals surface area contributed by atoms with Crippen LogP contribution < -0.4 is 5.56 Å². The highest BCUT2D eigenvalue weighted by Crippen LogP contribution is 2.35. The fraction of sp³-hybridized carbons (Fsp3) is 0.111. The molecular weight excluding hydrogens is 359 g/mol. The van der Waals surface area contributed by atoms with Gasteiger partial charge in [0, 0.05) is 15.8 Å². The van der Waals surface area contributed by atoms with E-state index in [1.807, 2.05) is 18.4 Å². The lowest BCUT2D eigenvalue weighted by molar-refractivity contribution is 0.583. The Bertz CT molecular complexity index is 1070. The van der Waals surface area contributed by atoms with Gasteiger partial charge < -0.3 is 9.40 Å². The summed E-state index contributed by atoms with van der Waals surface area (Å²) in [4.78, 5) is 21.7. The molecule has 25 heavy (non-hydrogen) atoms. The summed E-state index contributed by atoms with van der Waals surface area (Å²) in [5, 5.41) is 2.35. The van der Waals surface area contributed by atoms with E-state index >= 15 is 0 Å². The molecule has 0 saturated carbocycles. The number of furan rings is 1. The van der Waals surface area contributed by atoms with E-state index in [0.717, 1.165) is 10.5 Å². The standard InChI is InChI=1S/C18H13FN2O2S2/c1-10(25-12-6-4-11(19)5-7-12)16-20-17(22)15-13(9-24-18(15)21-16)14-3-2-8-23-14/h2-10H,1H3,(H,20,21,22)/t10-/m0/s1. The van der Waals surface area contributed by atoms with Crippen LogP contribution in [0.3, 0.4) is 0 Å². The van der Waals surface area contributed by atoms with Crippen LogP contribution in [-0.4, -0.2) is 9.97 Å². The lowest BCUT2D eigenvalue weighted by Crippen LogP contribution is -2.12. The van der Waals surface area contributed by atoms with E-state index < -0.39 is 0 Å². The molecule has 0 saturated heterocycles. The largest absolute Gasteiger partial charge is 0.464 e. The third-order valence-corrected chi connectivity index (χ3v) is 5.75. The summed E-state index contributed by atoms with van der Waals surface area (Å²) in [6.45, 7) is 1.96. The second-order valence-electron chi connectivity index (χ2n) is 5.47. The van der Waals surface area contributed by atoms with Crippen LogP contribution in [0.25, 0.3) is 21.5 Å². The predicted molar refractivity (Wildman–Crippen MR) is 98.6 cm³/mol. The van der Waals surface area contributed by atoms with Crippen molar-refractivity contribution >= 4 is 33.3 Å². The number of hydrogen-bond acceptors (Lipinski definition) is 5. The third-order valence-electron chi connectivity index (χ3n) is 3.76. The molecule has 0 aliphatic rings. The zero-order chi connectivity index (χ0) is 17.4. The molecule has 1 N–H and O–H groups in total. The van der Waals surface area contributed by atoms with Crippen LogP contribution >= 0.6 is 23.1 Å². The summed E-state index contributed by atoms with van der Waals surface area (Å²) >= 11 is 2.93. The molecule has 0 unspecified atom stereocenters. The molecule has 0 radical (unpaired) electrons. The van der Waals surface area contributed by atoms with Crippen LogP contribution in [0.15, 0.2) is 62.1 Å². The molecule has 126 valence electrons. The Hall–Kier alpha value is -2.38. The number of nitrogens with one attached hydrogen (secondary N) is 1. The van der Waals surface area contributed by atoms with Gasteiger partial charge in [0.15, 0.2) is 0 Å². The van der Waals surface area contributed by atoms with Crippen LogP contribution in [-0.2, 0) is 0 Å². The highest BCUT2D eigenvalue weighted by molar-refractivity contribution is 7.99. The Balaban J connectivity index is 1.69. The number of rotatable bonds is 4. The van der Waals surface area contributed by atoms with Gasteiger partial charge in [0.05, 0.1) is 16.9 Å². The van der Waals surface area contributed by atoms with Crippen LogP contribution in [0, 0.1) is 5.82 Å². The maximum atomic E-state index is 13.0. The van der Waals surface area contributed by atoms with E-state index in [0.29, 0.717) is 21.8 Å². The van der Waals surface area contributed by atoms with Crippen LogP contribution in [0.4, 0.5) is 4.39 Å². The number of fused-ring (bicyclic) bond motifs is 1. The van der Waals surface area contributed by atoms with Crippen molar-refractivity contribution in [2.24, 2.45) is 0 Å². The Morgan fingerprint density at radius 1 is 1.28 bits per heavy atom. The fourth-order valence-corrected chi connectivity index (χ4v) is 4.40. The first kappa shape index (κ1) is 16.1. The normalized spacial score (nSPS) is 12.6. The number of thioether (sulfide) groups is 1. The molecule has 0 fully saturated rings. The number of hydrogen-bond donors (Lipinski definition) is 1. The first-order valence-corrected chi connectivity index (χ1v) is 9.35. The van der Waals surface area contributed by atoms with Gasteiger partial charge in [-0.2, -0.15) is 0 Å². The molecule has 0 amide bonds. The second-order valence-corrected chi connectivity index (χ2v) is 7.74. The van der Waals surface area contributed by atoms with Gasteiger partial charge in [-0.15, -0.1) is 23.1 Å². The van der Waals surface area contributed by atoms with E-state index in [4.69, 9.17) is 4.42 Å². The topological polar surface area (TPSA) is 58.9 Å². The van der Waals surface area contributed by atoms with Crippen LogP contribution in [0.5, 0.6) is 0 Å². The van der Waals surface area contributed by atoms with E-state index in [9.17, 15) is 9.18 Å². The summed E-state index contributed by atoms with van der Waals surface area (Å²) < 4.78 is 18.4. The lowest BCUT2D eigenvalue weighted by Gasteiger charge is -2.10. The molecule has 0 spiro atoms. The van der Waals surface area contributed by atoms with Gasteiger partial charge in [0.2, 0.25) is 0 Å². The highest BCUT2D eigenvalue weighted by Gasteiger charge is 2.17. The monoisotopic (exact) mass is 372 g/mol. The van der Waals surface area contributed by atoms with E-state index in [1.165, 1.54) is 35.2 Å². The SMILES string of the molecule is C[C@H](Sc1ccc(F)cc1)c1nc2scc(-c3ccco3)c2c(=O)[nH]1. The zero-order valence-corrected chi connectivity index (χ0v) is 14.8. The molecule has 4 aromatic rings. The number of halogens is 1. The molecule has 4 nitrogen and oxygen atoms in total. The summed E-state index contributed by atoms with van der Waals surface area (Å²) in [6.07, 6.45) is 1.58. The molecule has 0 aliphatic heterocycles. The predicted octanol–water partition coefficient (Wildman–Crippen LogP) is 5.24. The van der Waals surface area contributed by atoms with Gasteiger partial charge in [-0.3, -0.25) is 4.79 Å². The molecule has 0 aliphatic carbocycles. The van der Waals surface area contributed by atoms with Crippen molar-refractivity contribution in [3.63, 3.8) is 0 Å². The van der Waals surface area contributed by atoms with E-state index in [-0.39, 0.29) is 16.6 Å². The minimum Gasteiger partial charge on any atom is -0.464 e. The minimum atomic E-state index is -0.269. The number of benzene rings is 1. The molecule has 7 heteroatoms. The van der Waals surface area contributed by atoms with E-state index in [1.54, 1.807) is 24.5 Å².